The Bertz CT molecular complexity index is 894. The van der Waals surface area contributed by atoms with Crippen molar-refractivity contribution >= 4 is 21.6 Å². The van der Waals surface area contributed by atoms with Crippen LogP contribution < -0.4 is 14.4 Å². The van der Waals surface area contributed by atoms with E-state index in [9.17, 15) is 13.2 Å². The molecule has 1 N–H and O–H groups in total. The Morgan fingerprint density at radius 2 is 1.88 bits per heavy atom. The fourth-order valence-electron chi connectivity index (χ4n) is 2.77. The number of hydrogen-bond acceptors (Lipinski definition) is 4. The van der Waals surface area contributed by atoms with Gasteiger partial charge in [-0.3, -0.25) is 9.10 Å². The number of carbonyl (C=O) groups excluding carboxylic acids is 1. The van der Waals surface area contributed by atoms with Gasteiger partial charge < -0.3 is 10.1 Å². The Morgan fingerprint density at radius 1 is 1.19 bits per heavy atom. The fourth-order valence-corrected chi connectivity index (χ4v) is 4.24. The minimum absolute atomic E-state index is 0.0667. The predicted molar refractivity (Wildman–Crippen MR) is 99.9 cm³/mol. The molecule has 2 aromatic carbocycles. The molecule has 0 unspecified atom stereocenters. The van der Waals surface area contributed by atoms with Gasteiger partial charge in [-0.25, -0.2) is 8.42 Å². The van der Waals surface area contributed by atoms with Gasteiger partial charge in [0.15, 0.2) is 6.10 Å². The average Bonchev–Trinajstić information content (AvgIpc) is 2.65. The highest BCUT2D eigenvalue weighted by Crippen LogP contribution is 2.36. The van der Waals surface area contributed by atoms with Crippen LogP contribution in [0, 0.1) is 6.92 Å². The lowest BCUT2D eigenvalue weighted by atomic mass is 10.2. The van der Waals surface area contributed by atoms with Crippen molar-refractivity contribution in [3.05, 3.63) is 54.1 Å². The Labute approximate surface area is 153 Å². The second-order valence-electron chi connectivity index (χ2n) is 6.21. The number of hydrogen-bond donors (Lipinski definition) is 1. The highest BCUT2D eigenvalue weighted by molar-refractivity contribution is 7.92. The summed E-state index contributed by atoms with van der Waals surface area (Å²) in [5, 5.41) is 2.77. The lowest BCUT2D eigenvalue weighted by molar-refractivity contribution is -0.127. The summed E-state index contributed by atoms with van der Waals surface area (Å²) >= 11 is 0. The van der Waals surface area contributed by atoms with E-state index in [1.165, 1.54) is 4.31 Å². The van der Waals surface area contributed by atoms with Crippen LogP contribution in [0.5, 0.6) is 5.75 Å². The molecule has 3 rings (SSSR count). The van der Waals surface area contributed by atoms with E-state index in [2.05, 4.69) is 5.32 Å². The standard InChI is InChI=1S/C19H22N2O4S/c1-3-12-20-19(22)18-13-21(16-6-4-5-7-17(16)25-18)26(23,24)15-10-8-14(2)9-11-15/h4-11,18H,3,12-13H2,1-2H3,(H,20,22)/t18-/m1/s1. The predicted octanol–water partition coefficient (Wildman–Crippen LogP) is 2.48. The quantitative estimate of drug-likeness (QED) is 0.872. The monoisotopic (exact) mass is 374 g/mol. The summed E-state index contributed by atoms with van der Waals surface area (Å²) in [5.74, 6) is 0.0662. The van der Waals surface area contributed by atoms with Gasteiger partial charge in [-0.05, 0) is 37.6 Å². The maximum absolute atomic E-state index is 13.2. The van der Waals surface area contributed by atoms with E-state index in [1.54, 1.807) is 48.5 Å². The van der Waals surface area contributed by atoms with E-state index in [1.807, 2.05) is 13.8 Å². The minimum atomic E-state index is -3.81. The first-order valence-corrected chi connectivity index (χ1v) is 10.0. The number of amides is 1. The average molecular weight is 374 g/mol. The molecule has 0 aliphatic carbocycles. The molecule has 0 saturated heterocycles. The molecule has 7 heteroatoms. The van der Waals surface area contributed by atoms with Crippen molar-refractivity contribution < 1.29 is 17.9 Å². The normalized spacial score (nSPS) is 16.5. The lowest BCUT2D eigenvalue weighted by Crippen LogP contribution is -2.50. The number of anilines is 1. The minimum Gasteiger partial charge on any atom is -0.476 e. The summed E-state index contributed by atoms with van der Waals surface area (Å²) in [7, 11) is -3.81. The van der Waals surface area contributed by atoms with Gasteiger partial charge in [0, 0.05) is 6.54 Å². The van der Waals surface area contributed by atoms with E-state index in [0.29, 0.717) is 18.0 Å². The summed E-state index contributed by atoms with van der Waals surface area (Å²) in [6.07, 6.45) is -0.0999. The van der Waals surface area contributed by atoms with Crippen molar-refractivity contribution in [2.24, 2.45) is 0 Å². The summed E-state index contributed by atoms with van der Waals surface area (Å²) in [6.45, 7) is 4.30. The van der Waals surface area contributed by atoms with E-state index in [4.69, 9.17) is 4.74 Å². The number of fused-ring (bicyclic) bond motifs is 1. The third kappa shape index (κ3) is 3.53. The number of carbonyl (C=O) groups is 1. The molecule has 1 amide bonds. The summed E-state index contributed by atoms with van der Waals surface area (Å²) in [5.41, 5.74) is 1.41. The van der Waals surface area contributed by atoms with Crippen molar-refractivity contribution in [1.29, 1.82) is 0 Å². The van der Waals surface area contributed by atoms with Crippen LogP contribution in [0.1, 0.15) is 18.9 Å². The third-order valence-electron chi connectivity index (χ3n) is 4.19. The fraction of sp³-hybridized carbons (Fsp3) is 0.316. The summed E-state index contributed by atoms with van der Waals surface area (Å²) < 4.78 is 33.4. The molecule has 0 bridgehead atoms. The Morgan fingerprint density at radius 3 is 2.58 bits per heavy atom. The highest BCUT2D eigenvalue weighted by atomic mass is 32.2. The topological polar surface area (TPSA) is 75.7 Å². The Hall–Kier alpha value is -2.54. The van der Waals surface area contributed by atoms with Gasteiger partial charge in [-0.2, -0.15) is 0 Å². The van der Waals surface area contributed by atoms with Crippen LogP contribution in [0.3, 0.4) is 0 Å². The summed E-state index contributed by atoms with van der Waals surface area (Å²) in [4.78, 5) is 12.6. The number of aryl methyl sites for hydroxylation is 1. The second-order valence-corrected chi connectivity index (χ2v) is 8.08. The van der Waals surface area contributed by atoms with Crippen LogP contribution in [0.25, 0.3) is 0 Å². The van der Waals surface area contributed by atoms with Crippen LogP contribution in [-0.4, -0.2) is 33.5 Å². The van der Waals surface area contributed by atoms with Gasteiger partial charge in [0.2, 0.25) is 0 Å². The maximum atomic E-state index is 13.2. The van der Waals surface area contributed by atoms with Gasteiger partial charge in [0.25, 0.3) is 15.9 Å². The van der Waals surface area contributed by atoms with Crippen molar-refractivity contribution in [2.45, 2.75) is 31.3 Å². The van der Waals surface area contributed by atoms with Crippen molar-refractivity contribution in [2.75, 3.05) is 17.4 Å². The zero-order chi connectivity index (χ0) is 18.7. The number of sulfonamides is 1. The van der Waals surface area contributed by atoms with E-state index >= 15 is 0 Å². The molecule has 138 valence electrons. The molecule has 1 atom stereocenters. The molecule has 6 nitrogen and oxygen atoms in total. The molecular formula is C19H22N2O4S. The largest absolute Gasteiger partial charge is 0.476 e. The second kappa shape index (κ2) is 7.37. The number of ether oxygens (including phenoxy) is 1. The summed E-state index contributed by atoms with van der Waals surface area (Å²) in [6, 6.07) is 13.5. The zero-order valence-electron chi connectivity index (χ0n) is 14.8. The van der Waals surface area contributed by atoms with Crippen LogP contribution in [0.2, 0.25) is 0 Å². The number of para-hydroxylation sites is 2. The molecule has 1 heterocycles. The van der Waals surface area contributed by atoms with E-state index in [0.717, 1.165) is 12.0 Å². The number of rotatable bonds is 5. The molecule has 1 aliphatic rings. The van der Waals surface area contributed by atoms with Crippen molar-refractivity contribution in [3.63, 3.8) is 0 Å². The van der Waals surface area contributed by atoms with E-state index < -0.39 is 16.1 Å². The van der Waals surface area contributed by atoms with E-state index in [-0.39, 0.29) is 17.3 Å². The van der Waals surface area contributed by atoms with Gasteiger partial charge >= 0.3 is 0 Å². The smallest absolute Gasteiger partial charge is 0.264 e. The number of nitrogens with zero attached hydrogens (tertiary/aromatic N) is 1. The molecule has 0 radical (unpaired) electrons. The van der Waals surface area contributed by atoms with Gasteiger partial charge in [0.05, 0.1) is 17.1 Å². The van der Waals surface area contributed by atoms with Crippen LogP contribution in [0.15, 0.2) is 53.4 Å². The number of nitrogens with one attached hydrogen (secondary N) is 1. The third-order valence-corrected chi connectivity index (χ3v) is 5.98. The molecule has 0 fully saturated rings. The van der Waals surface area contributed by atoms with Crippen LogP contribution in [-0.2, 0) is 14.8 Å². The molecule has 2 aromatic rings. The van der Waals surface area contributed by atoms with Gasteiger partial charge in [-0.1, -0.05) is 36.8 Å². The first-order chi connectivity index (χ1) is 12.4. The Kier molecular flexibility index (Phi) is 5.18. The SMILES string of the molecule is CCCNC(=O)[C@H]1CN(S(=O)(=O)c2ccc(C)cc2)c2ccccc2O1. The van der Waals surface area contributed by atoms with Crippen molar-refractivity contribution in [3.8, 4) is 5.75 Å². The van der Waals surface area contributed by atoms with Gasteiger partial charge in [0.1, 0.15) is 5.75 Å². The molecule has 0 spiro atoms. The molecule has 0 saturated carbocycles. The first-order valence-electron chi connectivity index (χ1n) is 8.56. The molecule has 1 aliphatic heterocycles. The number of benzene rings is 2. The zero-order valence-corrected chi connectivity index (χ0v) is 15.6. The lowest BCUT2D eigenvalue weighted by Gasteiger charge is -2.34. The molecule has 26 heavy (non-hydrogen) atoms. The Balaban J connectivity index is 1.98. The molecule has 0 aromatic heterocycles. The molecular weight excluding hydrogens is 352 g/mol. The van der Waals surface area contributed by atoms with Gasteiger partial charge in [-0.15, -0.1) is 0 Å². The maximum Gasteiger partial charge on any atom is 0.264 e. The van der Waals surface area contributed by atoms with Crippen LogP contribution >= 0.6 is 0 Å². The first kappa shape index (κ1) is 18.3. The highest BCUT2D eigenvalue weighted by Gasteiger charge is 2.37. The van der Waals surface area contributed by atoms with Crippen LogP contribution in [0.4, 0.5) is 5.69 Å². The van der Waals surface area contributed by atoms with Crippen molar-refractivity contribution in [1.82, 2.24) is 5.32 Å².